The van der Waals surface area contributed by atoms with E-state index in [0.717, 1.165) is 30.5 Å². The van der Waals surface area contributed by atoms with Crippen molar-refractivity contribution in [2.24, 2.45) is 0 Å². The predicted molar refractivity (Wildman–Crippen MR) is 137 cm³/mol. The SMILES string of the molecule is CN1CCNC(=O)COc2ccc(F)cc2C(=O)N2CCCCC2c2cc3nc(N4CC(O)C4)cc1n3n2. The first-order valence-electron chi connectivity index (χ1n) is 12.9. The van der Waals surface area contributed by atoms with Crippen molar-refractivity contribution in [2.75, 3.05) is 56.2 Å². The number of ether oxygens (including phenoxy) is 1. The largest absolute Gasteiger partial charge is 0.483 e. The van der Waals surface area contributed by atoms with E-state index in [9.17, 15) is 19.1 Å². The van der Waals surface area contributed by atoms with Crippen molar-refractivity contribution in [2.45, 2.75) is 31.4 Å². The van der Waals surface area contributed by atoms with Gasteiger partial charge in [-0.25, -0.2) is 9.37 Å². The number of anilines is 2. The molecule has 12 heteroatoms. The first kappa shape index (κ1) is 24.4. The van der Waals surface area contributed by atoms with Crippen LogP contribution in [-0.2, 0) is 4.79 Å². The summed E-state index contributed by atoms with van der Waals surface area (Å²) in [7, 11) is 1.91. The van der Waals surface area contributed by atoms with Gasteiger partial charge in [0.1, 0.15) is 23.2 Å². The van der Waals surface area contributed by atoms with E-state index in [1.807, 2.05) is 29.0 Å². The van der Waals surface area contributed by atoms with Crippen molar-refractivity contribution < 1.29 is 23.8 Å². The van der Waals surface area contributed by atoms with Gasteiger partial charge in [-0.1, -0.05) is 0 Å². The molecule has 0 spiro atoms. The van der Waals surface area contributed by atoms with Crippen LogP contribution >= 0.6 is 0 Å². The number of nitrogens with one attached hydrogen (secondary N) is 1. The van der Waals surface area contributed by atoms with Gasteiger partial charge in [0.15, 0.2) is 12.3 Å². The number of carbonyl (C=O) groups excluding carboxylic acids is 2. The highest BCUT2D eigenvalue weighted by Crippen LogP contribution is 2.35. The molecular weight excluding hydrogens is 493 g/mol. The van der Waals surface area contributed by atoms with E-state index in [2.05, 4.69) is 5.32 Å². The summed E-state index contributed by atoms with van der Waals surface area (Å²) in [4.78, 5) is 36.8. The molecule has 2 aromatic heterocycles. The number of piperidine rings is 1. The predicted octanol–water partition coefficient (Wildman–Crippen LogP) is 1.36. The standard InChI is InChI=1S/C26H30FN7O4/c1-31-9-7-28-24(36)15-38-21-6-5-16(27)10-18(21)26(37)33-8-3-2-4-20(33)19-11-23-29-22(32-13-17(35)14-32)12-25(31)34(23)30-19/h5-6,10-12,17,20,35H,2-4,7-9,13-15H2,1H3,(H,28,36). The summed E-state index contributed by atoms with van der Waals surface area (Å²) in [6.45, 7) is 2.05. The number of carbonyl (C=O) groups is 2. The minimum Gasteiger partial charge on any atom is -0.483 e. The quantitative estimate of drug-likeness (QED) is 0.492. The fourth-order valence-electron chi connectivity index (χ4n) is 5.31. The van der Waals surface area contributed by atoms with Gasteiger partial charge in [-0.05, 0) is 37.5 Å². The highest BCUT2D eigenvalue weighted by molar-refractivity contribution is 5.97. The van der Waals surface area contributed by atoms with Crippen molar-refractivity contribution >= 4 is 29.1 Å². The number of aliphatic hydroxyl groups is 1. The first-order valence-corrected chi connectivity index (χ1v) is 12.9. The molecule has 2 fully saturated rings. The summed E-state index contributed by atoms with van der Waals surface area (Å²) in [5.74, 6) is 0.403. The molecule has 2 amide bonds. The molecule has 0 aliphatic carbocycles. The van der Waals surface area contributed by atoms with Crippen LogP contribution in [0.4, 0.5) is 16.0 Å². The lowest BCUT2D eigenvalue weighted by molar-refractivity contribution is -0.123. The van der Waals surface area contributed by atoms with E-state index in [4.69, 9.17) is 14.8 Å². The van der Waals surface area contributed by atoms with Gasteiger partial charge in [-0.3, -0.25) is 9.59 Å². The van der Waals surface area contributed by atoms with Crippen LogP contribution in [-0.4, -0.2) is 88.9 Å². The molecule has 1 atom stereocenters. The third kappa shape index (κ3) is 4.49. The van der Waals surface area contributed by atoms with Crippen molar-refractivity contribution in [1.29, 1.82) is 0 Å². The van der Waals surface area contributed by atoms with E-state index >= 15 is 0 Å². The van der Waals surface area contributed by atoms with Crippen LogP contribution in [0.3, 0.4) is 0 Å². The van der Waals surface area contributed by atoms with E-state index in [1.165, 1.54) is 12.1 Å². The number of halogens is 1. The molecule has 5 heterocycles. The average molecular weight is 524 g/mol. The molecule has 1 unspecified atom stereocenters. The highest BCUT2D eigenvalue weighted by Gasteiger charge is 2.33. The van der Waals surface area contributed by atoms with Gasteiger partial charge in [0, 0.05) is 51.9 Å². The smallest absolute Gasteiger partial charge is 0.258 e. The summed E-state index contributed by atoms with van der Waals surface area (Å²) in [5, 5.41) is 17.6. The molecule has 11 nitrogen and oxygen atoms in total. The Morgan fingerprint density at radius 2 is 1.97 bits per heavy atom. The minimum absolute atomic E-state index is 0.0812. The summed E-state index contributed by atoms with van der Waals surface area (Å²) in [5.41, 5.74) is 1.42. The van der Waals surface area contributed by atoms with Crippen molar-refractivity contribution in [3.05, 3.63) is 47.4 Å². The van der Waals surface area contributed by atoms with Crippen LogP contribution < -0.4 is 19.9 Å². The van der Waals surface area contributed by atoms with Crippen LogP contribution in [0.2, 0.25) is 0 Å². The molecule has 1 aromatic carbocycles. The van der Waals surface area contributed by atoms with Gasteiger partial charge in [0.25, 0.3) is 11.8 Å². The third-order valence-electron chi connectivity index (χ3n) is 7.40. The Bertz CT molecular complexity index is 1390. The Kier molecular flexibility index (Phi) is 6.26. The number of rotatable bonds is 1. The maximum absolute atomic E-state index is 14.3. The van der Waals surface area contributed by atoms with E-state index in [0.29, 0.717) is 50.5 Å². The average Bonchev–Trinajstić information content (AvgIpc) is 3.33. The van der Waals surface area contributed by atoms with Gasteiger partial charge in [0.2, 0.25) is 0 Å². The van der Waals surface area contributed by atoms with E-state index < -0.39 is 5.82 Å². The second-order valence-electron chi connectivity index (χ2n) is 10.1. The number of hydrogen-bond acceptors (Lipinski definition) is 8. The summed E-state index contributed by atoms with van der Waals surface area (Å²) >= 11 is 0. The second kappa shape index (κ2) is 9.75. The van der Waals surface area contributed by atoms with Gasteiger partial charge in [0.05, 0.1) is 23.4 Å². The molecule has 38 heavy (non-hydrogen) atoms. The molecule has 0 radical (unpaired) electrons. The first-order chi connectivity index (χ1) is 18.4. The lowest BCUT2D eigenvalue weighted by Gasteiger charge is -2.37. The Morgan fingerprint density at radius 3 is 2.79 bits per heavy atom. The Balaban J connectivity index is 1.46. The minimum atomic E-state index is -0.554. The monoisotopic (exact) mass is 523 g/mol. The highest BCUT2D eigenvalue weighted by atomic mass is 19.1. The van der Waals surface area contributed by atoms with Gasteiger partial charge < -0.3 is 29.9 Å². The number of fused-ring (bicyclic) bond motifs is 4. The lowest BCUT2D eigenvalue weighted by atomic mass is 9.98. The molecular formula is C26H30FN7O4. The Labute approximate surface area is 218 Å². The van der Waals surface area contributed by atoms with Crippen molar-refractivity contribution in [3.63, 3.8) is 0 Å². The van der Waals surface area contributed by atoms with Crippen molar-refractivity contribution in [1.82, 2.24) is 24.8 Å². The number of nitrogens with zero attached hydrogens (tertiary/aromatic N) is 6. The van der Waals surface area contributed by atoms with Crippen LogP contribution in [0, 0.1) is 5.82 Å². The Morgan fingerprint density at radius 1 is 1.13 bits per heavy atom. The zero-order valence-electron chi connectivity index (χ0n) is 21.1. The molecule has 2 bridgehead atoms. The molecule has 200 valence electrons. The van der Waals surface area contributed by atoms with Crippen LogP contribution in [0.5, 0.6) is 5.75 Å². The number of aliphatic hydroxyl groups excluding tert-OH is 1. The number of hydrogen-bond donors (Lipinski definition) is 2. The number of aromatic nitrogens is 3. The van der Waals surface area contributed by atoms with Crippen LogP contribution in [0.25, 0.3) is 5.65 Å². The maximum atomic E-state index is 14.3. The van der Waals surface area contributed by atoms with E-state index in [1.54, 1.807) is 9.42 Å². The maximum Gasteiger partial charge on any atom is 0.258 e. The third-order valence-corrected chi connectivity index (χ3v) is 7.40. The molecule has 0 saturated carbocycles. The fraction of sp³-hybridized carbons (Fsp3) is 0.462. The normalized spacial score (nSPS) is 21.1. The number of benzene rings is 1. The zero-order chi connectivity index (χ0) is 26.4. The zero-order valence-corrected chi connectivity index (χ0v) is 21.1. The van der Waals surface area contributed by atoms with Gasteiger partial charge in [-0.15, -0.1) is 0 Å². The second-order valence-corrected chi connectivity index (χ2v) is 10.1. The number of amides is 2. The van der Waals surface area contributed by atoms with Gasteiger partial charge >= 0.3 is 0 Å². The molecule has 2 N–H and O–H groups in total. The topological polar surface area (TPSA) is 116 Å². The molecule has 6 rings (SSSR count). The number of β-amino-alcohol motifs (C(OH)–C–C–N with tert-alkyl or cyclic N) is 1. The molecule has 3 aliphatic rings. The molecule has 3 aromatic rings. The Hall–Kier alpha value is -3.93. The van der Waals surface area contributed by atoms with Gasteiger partial charge in [-0.2, -0.15) is 9.61 Å². The van der Waals surface area contributed by atoms with Crippen LogP contribution in [0.1, 0.15) is 41.4 Å². The van der Waals surface area contributed by atoms with Crippen molar-refractivity contribution in [3.8, 4) is 5.75 Å². The number of likely N-dealkylation sites (N-methyl/N-ethyl adjacent to an activating group) is 1. The summed E-state index contributed by atoms with van der Waals surface area (Å²) in [6.07, 6.45) is 2.07. The van der Waals surface area contributed by atoms with E-state index in [-0.39, 0.29) is 41.9 Å². The fourth-order valence-corrected chi connectivity index (χ4v) is 5.31. The summed E-state index contributed by atoms with van der Waals surface area (Å²) < 4.78 is 21.7. The molecule has 2 saturated heterocycles. The lowest BCUT2D eigenvalue weighted by Crippen LogP contribution is -2.51. The van der Waals surface area contributed by atoms with Crippen LogP contribution in [0.15, 0.2) is 30.3 Å². The molecule has 3 aliphatic heterocycles. The summed E-state index contributed by atoms with van der Waals surface area (Å²) in [6, 6.07) is 7.27.